The van der Waals surface area contributed by atoms with Gasteiger partial charge in [-0.1, -0.05) is 35.9 Å². The number of imidazole rings is 1. The molecule has 2 N–H and O–H groups in total. The standard InChI is InChI=1S/C28H25ClN4O3/c1-15-12-21-22(13-16(15)2)31-28(30-21)33-24(17-8-10-20(11-9-17)32(3)4)23(26(35)27(33)36)25(34)18-6-5-7-19(29)14-18/h5-14,24,34H,1-4H3,(H,30,31)/b25-23+. The number of fused-ring (bicyclic) bond motifs is 1. The normalized spacial score (nSPS) is 17.2. The second kappa shape index (κ2) is 8.84. The Morgan fingerprint density at radius 1 is 1.03 bits per heavy atom. The number of hydrogen-bond donors (Lipinski definition) is 2. The zero-order valence-corrected chi connectivity index (χ0v) is 21.1. The van der Waals surface area contributed by atoms with Gasteiger partial charge in [-0.25, -0.2) is 4.98 Å². The molecule has 5 rings (SSSR count). The lowest BCUT2D eigenvalue weighted by Crippen LogP contribution is -2.30. The van der Waals surface area contributed by atoms with Crippen molar-refractivity contribution >= 4 is 51.7 Å². The summed E-state index contributed by atoms with van der Waals surface area (Å²) in [4.78, 5) is 37.9. The fourth-order valence-electron chi connectivity index (χ4n) is 4.48. The van der Waals surface area contributed by atoms with Crippen LogP contribution < -0.4 is 9.80 Å². The first-order valence-electron chi connectivity index (χ1n) is 11.5. The van der Waals surface area contributed by atoms with Crippen molar-refractivity contribution in [2.45, 2.75) is 19.9 Å². The number of ketones is 1. The van der Waals surface area contributed by atoms with Gasteiger partial charge in [0.05, 0.1) is 22.6 Å². The molecule has 0 spiro atoms. The maximum absolute atomic E-state index is 13.4. The lowest BCUT2D eigenvalue weighted by Gasteiger charge is -2.23. The third-order valence-corrected chi connectivity index (χ3v) is 6.82. The van der Waals surface area contributed by atoms with Crippen LogP contribution in [-0.2, 0) is 9.59 Å². The highest BCUT2D eigenvalue weighted by Crippen LogP contribution is 2.42. The molecule has 36 heavy (non-hydrogen) atoms. The first-order valence-corrected chi connectivity index (χ1v) is 11.8. The van der Waals surface area contributed by atoms with E-state index < -0.39 is 17.7 Å². The number of aliphatic hydroxyl groups excluding tert-OH is 1. The van der Waals surface area contributed by atoms with E-state index in [-0.39, 0.29) is 17.3 Å². The van der Waals surface area contributed by atoms with Crippen molar-refractivity contribution in [2.75, 3.05) is 23.9 Å². The predicted molar refractivity (Wildman–Crippen MR) is 143 cm³/mol. The predicted octanol–water partition coefficient (Wildman–Crippen LogP) is 5.53. The summed E-state index contributed by atoms with van der Waals surface area (Å²) in [5.74, 6) is -1.61. The topological polar surface area (TPSA) is 89.5 Å². The van der Waals surface area contributed by atoms with Gasteiger partial charge >= 0.3 is 5.91 Å². The van der Waals surface area contributed by atoms with Gasteiger partial charge in [0.2, 0.25) is 5.95 Å². The van der Waals surface area contributed by atoms with Crippen LogP contribution in [-0.4, -0.2) is 40.9 Å². The molecule has 1 fully saturated rings. The monoisotopic (exact) mass is 500 g/mol. The molecule has 7 nitrogen and oxygen atoms in total. The van der Waals surface area contributed by atoms with E-state index in [1.807, 2.05) is 69.2 Å². The Bertz CT molecular complexity index is 1510. The number of nitrogens with one attached hydrogen (secondary N) is 1. The highest BCUT2D eigenvalue weighted by molar-refractivity contribution is 6.51. The van der Waals surface area contributed by atoms with Crippen molar-refractivity contribution < 1.29 is 14.7 Å². The average molecular weight is 501 g/mol. The molecule has 0 aliphatic carbocycles. The molecule has 1 amide bonds. The second-order valence-corrected chi connectivity index (χ2v) is 9.62. The molecule has 1 unspecified atom stereocenters. The van der Waals surface area contributed by atoms with Crippen molar-refractivity contribution in [3.05, 3.63) is 93.5 Å². The largest absolute Gasteiger partial charge is 0.507 e. The van der Waals surface area contributed by atoms with Crippen LogP contribution in [0.3, 0.4) is 0 Å². The molecule has 3 aromatic carbocycles. The molecule has 1 atom stereocenters. The maximum Gasteiger partial charge on any atom is 0.302 e. The van der Waals surface area contributed by atoms with E-state index in [1.54, 1.807) is 24.3 Å². The molecule has 0 bridgehead atoms. The van der Waals surface area contributed by atoms with E-state index in [2.05, 4.69) is 9.97 Å². The molecule has 4 aromatic rings. The van der Waals surface area contributed by atoms with Gasteiger partial charge in [0, 0.05) is 30.4 Å². The number of aliphatic hydroxyl groups is 1. The number of hydrogen-bond acceptors (Lipinski definition) is 5. The SMILES string of the molecule is Cc1cc2nc(N3C(=O)C(=O)/C(=C(/O)c4cccc(Cl)c4)C3c3ccc(N(C)C)cc3)[nH]c2cc1C. The molecule has 182 valence electrons. The van der Waals surface area contributed by atoms with Gasteiger partial charge in [-0.3, -0.25) is 14.5 Å². The van der Waals surface area contributed by atoms with E-state index >= 15 is 0 Å². The molecular formula is C28H25ClN4O3. The highest BCUT2D eigenvalue weighted by atomic mass is 35.5. The number of aromatic amines is 1. The second-order valence-electron chi connectivity index (χ2n) is 9.18. The van der Waals surface area contributed by atoms with Crippen LogP contribution in [0.2, 0.25) is 5.02 Å². The number of Topliss-reactive ketones (excluding diaryl/α,β-unsaturated/α-hetero) is 1. The van der Waals surface area contributed by atoms with Crippen LogP contribution in [0.1, 0.15) is 28.3 Å². The number of carbonyl (C=O) groups excluding carboxylic acids is 2. The molecule has 2 heterocycles. The number of aromatic nitrogens is 2. The Hall–Kier alpha value is -4.10. The number of carbonyl (C=O) groups is 2. The van der Waals surface area contributed by atoms with Gasteiger partial charge in [0.15, 0.2) is 0 Å². The van der Waals surface area contributed by atoms with Crippen LogP contribution in [0.25, 0.3) is 16.8 Å². The molecule has 0 radical (unpaired) electrons. The zero-order valence-electron chi connectivity index (χ0n) is 20.3. The number of H-pyrrole nitrogens is 1. The molecule has 0 saturated carbocycles. The fraction of sp³-hybridized carbons (Fsp3) is 0.179. The summed E-state index contributed by atoms with van der Waals surface area (Å²) in [6.07, 6.45) is 0. The quantitative estimate of drug-likeness (QED) is 0.218. The summed E-state index contributed by atoms with van der Waals surface area (Å²) in [6, 6.07) is 17.1. The third-order valence-electron chi connectivity index (χ3n) is 6.58. The minimum atomic E-state index is -0.886. The van der Waals surface area contributed by atoms with Gasteiger partial charge in [0.25, 0.3) is 5.78 Å². The number of benzene rings is 3. The first kappa shape index (κ1) is 23.6. The van der Waals surface area contributed by atoms with Gasteiger partial charge < -0.3 is 15.0 Å². The lowest BCUT2D eigenvalue weighted by molar-refractivity contribution is -0.132. The molecule has 1 saturated heterocycles. The minimum absolute atomic E-state index is 0.0207. The van der Waals surface area contributed by atoms with E-state index in [9.17, 15) is 14.7 Å². The van der Waals surface area contributed by atoms with E-state index in [0.29, 0.717) is 21.7 Å². The summed E-state index contributed by atoms with van der Waals surface area (Å²) in [5.41, 5.74) is 5.55. The van der Waals surface area contributed by atoms with Crippen molar-refractivity contribution in [1.82, 2.24) is 9.97 Å². The van der Waals surface area contributed by atoms with Crippen LogP contribution in [0.4, 0.5) is 11.6 Å². The van der Waals surface area contributed by atoms with Gasteiger partial charge in [0.1, 0.15) is 5.76 Å². The zero-order chi connectivity index (χ0) is 25.7. The maximum atomic E-state index is 13.4. The van der Waals surface area contributed by atoms with Crippen LogP contribution in [0.5, 0.6) is 0 Å². The lowest BCUT2D eigenvalue weighted by atomic mass is 9.95. The van der Waals surface area contributed by atoms with Crippen molar-refractivity contribution in [3.8, 4) is 0 Å². The molecule has 1 aliphatic rings. The van der Waals surface area contributed by atoms with E-state index in [1.165, 1.54) is 4.90 Å². The van der Waals surface area contributed by atoms with Crippen LogP contribution in [0.15, 0.2) is 66.2 Å². The number of aryl methyl sites for hydroxylation is 2. The fourth-order valence-corrected chi connectivity index (χ4v) is 4.67. The van der Waals surface area contributed by atoms with Crippen molar-refractivity contribution in [1.29, 1.82) is 0 Å². The third kappa shape index (κ3) is 3.91. The molecule has 1 aromatic heterocycles. The molecular weight excluding hydrogens is 476 g/mol. The van der Waals surface area contributed by atoms with E-state index in [0.717, 1.165) is 22.3 Å². The summed E-state index contributed by atoms with van der Waals surface area (Å²) in [7, 11) is 3.86. The number of nitrogens with zero attached hydrogens (tertiary/aromatic N) is 3. The van der Waals surface area contributed by atoms with Gasteiger partial charge in [-0.05, 0) is 66.9 Å². The van der Waals surface area contributed by atoms with Crippen molar-refractivity contribution in [3.63, 3.8) is 0 Å². The number of halogens is 1. The Balaban J connectivity index is 1.73. The molecule has 1 aliphatic heterocycles. The Morgan fingerprint density at radius 2 is 1.72 bits per heavy atom. The summed E-state index contributed by atoms with van der Waals surface area (Å²) < 4.78 is 0. The smallest absolute Gasteiger partial charge is 0.302 e. The van der Waals surface area contributed by atoms with E-state index in [4.69, 9.17) is 11.6 Å². The average Bonchev–Trinajstić information content (AvgIpc) is 3.36. The number of amides is 1. The molecule has 8 heteroatoms. The summed E-state index contributed by atoms with van der Waals surface area (Å²) in [6.45, 7) is 3.99. The van der Waals surface area contributed by atoms with Crippen LogP contribution >= 0.6 is 11.6 Å². The Morgan fingerprint density at radius 3 is 2.39 bits per heavy atom. The number of rotatable bonds is 4. The first-order chi connectivity index (χ1) is 17.2. The highest BCUT2D eigenvalue weighted by Gasteiger charge is 2.48. The minimum Gasteiger partial charge on any atom is -0.507 e. The summed E-state index contributed by atoms with van der Waals surface area (Å²) in [5, 5.41) is 11.7. The van der Waals surface area contributed by atoms with Gasteiger partial charge in [-0.15, -0.1) is 0 Å². The number of anilines is 2. The van der Waals surface area contributed by atoms with Gasteiger partial charge in [-0.2, -0.15) is 0 Å². The Kier molecular flexibility index (Phi) is 5.80. The Labute approximate surface area is 213 Å². The van der Waals surface area contributed by atoms with Crippen LogP contribution in [0, 0.1) is 13.8 Å². The summed E-state index contributed by atoms with van der Waals surface area (Å²) >= 11 is 6.14. The van der Waals surface area contributed by atoms with Crippen molar-refractivity contribution in [2.24, 2.45) is 0 Å².